The van der Waals surface area contributed by atoms with Gasteiger partial charge in [-0.25, -0.2) is 0 Å². The van der Waals surface area contributed by atoms with E-state index in [9.17, 15) is 4.79 Å². The first-order chi connectivity index (χ1) is 5.70. The molecule has 0 aromatic carbocycles. The number of ether oxygens (including phenoxy) is 1. The van der Waals surface area contributed by atoms with E-state index in [0.29, 0.717) is 24.7 Å². The quantitative estimate of drug-likeness (QED) is 0.484. The van der Waals surface area contributed by atoms with Crippen LogP contribution in [0.1, 0.15) is 13.3 Å². The van der Waals surface area contributed by atoms with Gasteiger partial charge in [-0.2, -0.15) is 0 Å². The highest BCUT2D eigenvalue weighted by Crippen LogP contribution is 1.83. The molecule has 12 heavy (non-hydrogen) atoms. The standard InChI is InChI=1S/C7H14N2O2S/c1-3-11-6(10)4-5-9-7(12)8-2/h3-5H2,1-2H3,(H2,8,9,12). The zero-order chi connectivity index (χ0) is 9.40. The molecule has 0 bridgehead atoms. The number of thiocarbonyl (C=S) groups is 1. The SMILES string of the molecule is CCOC(=O)CCNC(=S)NC. The molecule has 5 heteroatoms. The van der Waals surface area contributed by atoms with Crippen molar-refractivity contribution in [3.63, 3.8) is 0 Å². The van der Waals surface area contributed by atoms with E-state index in [-0.39, 0.29) is 5.97 Å². The van der Waals surface area contributed by atoms with Crippen molar-refractivity contribution >= 4 is 23.3 Å². The van der Waals surface area contributed by atoms with Gasteiger partial charge in [0.1, 0.15) is 0 Å². The monoisotopic (exact) mass is 190 g/mol. The zero-order valence-electron chi connectivity index (χ0n) is 7.35. The van der Waals surface area contributed by atoms with Gasteiger partial charge in [0.05, 0.1) is 13.0 Å². The Bertz CT molecular complexity index is 161. The molecule has 2 N–H and O–H groups in total. The summed E-state index contributed by atoms with van der Waals surface area (Å²) in [6.45, 7) is 2.72. The number of carbonyl (C=O) groups excluding carboxylic acids is 1. The van der Waals surface area contributed by atoms with Gasteiger partial charge in [0.25, 0.3) is 0 Å². The smallest absolute Gasteiger partial charge is 0.307 e. The van der Waals surface area contributed by atoms with Crippen molar-refractivity contribution in [2.24, 2.45) is 0 Å². The number of hydrogen-bond donors (Lipinski definition) is 2. The summed E-state index contributed by atoms with van der Waals surface area (Å²) >= 11 is 4.80. The summed E-state index contributed by atoms with van der Waals surface area (Å²) in [5, 5.41) is 6.12. The minimum atomic E-state index is -0.205. The Labute approximate surface area is 77.7 Å². The number of hydrogen-bond acceptors (Lipinski definition) is 3. The van der Waals surface area contributed by atoms with E-state index in [1.165, 1.54) is 0 Å². The van der Waals surface area contributed by atoms with Crippen LogP contribution >= 0.6 is 12.2 Å². The van der Waals surface area contributed by atoms with Crippen LogP contribution in [-0.2, 0) is 9.53 Å². The normalized spacial score (nSPS) is 8.83. The molecule has 0 amide bonds. The largest absolute Gasteiger partial charge is 0.466 e. The highest BCUT2D eigenvalue weighted by Gasteiger charge is 2.00. The molecule has 0 aliphatic carbocycles. The van der Waals surface area contributed by atoms with E-state index >= 15 is 0 Å². The van der Waals surface area contributed by atoms with Crippen molar-refractivity contribution in [3.05, 3.63) is 0 Å². The van der Waals surface area contributed by atoms with Gasteiger partial charge < -0.3 is 15.4 Å². The molecule has 0 unspecified atom stereocenters. The molecule has 0 aliphatic heterocycles. The Morgan fingerprint density at radius 2 is 2.25 bits per heavy atom. The lowest BCUT2D eigenvalue weighted by atomic mass is 10.4. The molecule has 0 radical (unpaired) electrons. The lowest BCUT2D eigenvalue weighted by Gasteiger charge is -2.05. The molecule has 0 atom stereocenters. The van der Waals surface area contributed by atoms with Gasteiger partial charge in [0.2, 0.25) is 0 Å². The van der Waals surface area contributed by atoms with Gasteiger partial charge in [-0.15, -0.1) is 0 Å². The molecule has 4 nitrogen and oxygen atoms in total. The second-order valence-corrected chi connectivity index (χ2v) is 2.47. The summed E-state index contributed by atoms with van der Waals surface area (Å²) in [5.41, 5.74) is 0. The van der Waals surface area contributed by atoms with Crippen LogP contribution in [0.25, 0.3) is 0 Å². The predicted octanol–water partition coefficient (Wildman–Crippen LogP) is 0.0335. The van der Waals surface area contributed by atoms with Crippen molar-refractivity contribution in [2.45, 2.75) is 13.3 Å². The second-order valence-electron chi connectivity index (χ2n) is 2.06. The highest BCUT2D eigenvalue weighted by molar-refractivity contribution is 7.80. The summed E-state index contributed by atoms with van der Waals surface area (Å²) in [6.07, 6.45) is 0.343. The number of carbonyl (C=O) groups is 1. The van der Waals surface area contributed by atoms with Crippen LogP contribution in [0.2, 0.25) is 0 Å². The third-order valence-corrected chi connectivity index (χ3v) is 1.50. The number of rotatable bonds is 4. The van der Waals surface area contributed by atoms with Gasteiger partial charge in [-0.1, -0.05) is 0 Å². The molecule has 0 saturated carbocycles. The summed E-state index contributed by atoms with van der Waals surface area (Å²) in [7, 11) is 1.72. The first-order valence-electron chi connectivity index (χ1n) is 3.82. The Morgan fingerprint density at radius 3 is 2.75 bits per heavy atom. The Kier molecular flexibility index (Phi) is 6.37. The lowest BCUT2D eigenvalue weighted by Crippen LogP contribution is -2.33. The van der Waals surface area contributed by atoms with Crippen LogP contribution in [0.15, 0.2) is 0 Å². The molecular weight excluding hydrogens is 176 g/mol. The first-order valence-corrected chi connectivity index (χ1v) is 4.22. The molecule has 0 aromatic rings. The van der Waals surface area contributed by atoms with E-state index in [1.54, 1.807) is 14.0 Å². The predicted molar refractivity (Wildman–Crippen MR) is 50.9 cm³/mol. The molecule has 0 aromatic heterocycles. The van der Waals surface area contributed by atoms with E-state index in [4.69, 9.17) is 17.0 Å². The van der Waals surface area contributed by atoms with E-state index in [1.807, 2.05) is 0 Å². The fourth-order valence-corrected chi connectivity index (χ4v) is 0.702. The van der Waals surface area contributed by atoms with Crippen molar-refractivity contribution in [3.8, 4) is 0 Å². The van der Waals surface area contributed by atoms with E-state index in [0.717, 1.165) is 0 Å². The summed E-state index contributed by atoms with van der Waals surface area (Å²) in [5.74, 6) is -0.205. The van der Waals surface area contributed by atoms with Crippen LogP contribution in [0, 0.1) is 0 Å². The number of nitrogens with one attached hydrogen (secondary N) is 2. The van der Waals surface area contributed by atoms with Gasteiger partial charge >= 0.3 is 5.97 Å². The Hall–Kier alpha value is -0.840. The van der Waals surface area contributed by atoms with Crippen molar-refractivity contribution in [2.75, 3.05) is 20.2 Å². The average Bonchev–Trinajstić information content (AvgIpc) is 2.04. The molecular formula is C7H14N2O2S. The maximum atomic E-state index is 10.8. The fourth-order valence-electron chi connectivity index (χ4n) is 0.600. The molecule has 0 saturated heterocycles. The van der Waals surface area contributed by atoms with Crippen molar-refractivity contribution in [1.82, 2.24) is 10.6 Å². The summed E-state index contributed by atoms with van der Waals surface area (Å²) in [4.78, 5) is 10.8. The molecule has 0 heterocycles. The second kappa shape index (κ2) is 6.84. The summed E-state index contributed by atoms with van der Waals surface area (Å²) < 4.78 is 4.71. The Morgan fingerprint density at radius 1 is 1.58 bits per heavy atom. The van der Waals surface area contributed by atoms with Gasteiger partial charge in [-0.3, -0.25) is 4.79 Å². The third kappa shape index (κ3) is 5.91. The van der Waals surface area contributed by atoms with Gasteiger partial charge in [0, 0.05) is 13.6 Å². The lowest BCUT2D eigenvalue weighted by molar-refractivity contribution is -0.142. The zero-order valence-corrected chi connectivity index (χ0v) is 8.16. The first kappa shape index (κ1) is 11.2. The Balaban J connectivity index is 3.30. The van der Waals surface area contributed by atoms with Crippen LogP contribution in [0.4, 0.5) is 0 Å². The van der Waals surface area contributed by atoms with E-state index in [2.05, 4.69) is 10.6 Å². The van der Waals surface area contributed by atoms with Gasteiger partial charge in [0.15, 0.2) is 5.11 Å². The topological polar surface area (TPSA) is 50.4 Å². The minimum Gasteiger partial charge on any atom is -0.466 e. The minimum absolute atomic E-state index is 0.205. The van der Waals surface area contributed by atoms with Crippen LogP contribution in [-0.4, -0.2) is 31.3 Å². The van der Waals surface area contributed by atoms with E-state index < -0.39 is 0 Å². The van der Waals surface area contributed by atoms with Crippen molar-refractivity contribution in [1.29, 1.82) is 0 Å². The summed E-state index contributed by atoms with van der Waals surface area (Å²) in [6, 6.07) is 0. The molecule has 0 rings (SSSR count). The maximum Gasteiger partial charge on any atom is 0.307 e. The fraction of sp³-hybridized carbons (Fsp3) is 0.714. The third-order valence-electron chi connectivity index (χ3n) is 1.15. The highest BCUT2D eigenvalue weighted by atomic mass is 32.1. The molecule has 0 aliphatic rings. The molecule has 0 spiro atoms. The van der Waals surface area contributed by atoms with Crippen LogP contribution < -0.4 is 10.6 Å². The van der Waals surface area contributed by atoms with Crippen LogP contribution in [0.3, 0.4) is 0 Å². The average molecular weight is 190 g/mol. The number of esters is 1. The maximum absolute atomic E-state index is 10.8. The van der Waals surface area contributed by atoms with Crippen LogP contribution in [0.5, 0.6) is 0 Å². The van der Waals surface area contributed by atoms with Crippen molar-refractivity contribution < 1.29 is 9.53 Å². The van der Waals surface area contributed by atoms with Gasteiger partial charge in [-0.05, 0) is 19.1 Å². The molecule has 0 fully saturated rings. The molecule has 70 valence electrons.